The third-order valence-electron chi connectivity index (χ3n) is 9.30. The Morgan fingerprint density at radius 2 is 1.28 bits per heavy atom. The molecule has 0 bridgehead atoms. The summed E-state index contributed by atoms with van der Waals surface area (Å²) in [6, 6.07) is 22.8. The Kier molecular flexibility index (Phi) is 12.3. The molecule has 280 valence electrons. The molecule has 53 heavy (non-hydrogen) atoms. The Bertz CT molecular complexity index is 1890. The van der Waals surface area contributed by atoms with Crippen molar-refractivity contribution in [2.75, 3.05) is 54.1 Å². The van der Waals surface area contributed by atoms with Crippen LogP contribution in [0.5, 0.6) is 40.2 Å². The van der Waals surface area contributed by atoms with E-state index in [-0.39, 0.29) is 18.2 Å². The van der Waals surface area contributed by atoms with Crippen LogP contribution in [0, 0.1) is 0 Å². The molecule has 2 unspecified atom stereocenters. The Morgan fingerprint density at radius 1 is 0.642 bits per heavy atom. The second kappa shape index (κ2) is 17.6. The number of rotatable bonds is 18. The molecule has 2 N–H and O–H groups in total. The van der Waals surface area contributed by atoms with Crippen LogP contribution in [0.15, 0.2) is 78.0 Å². The summed E-state index contributed by atoms with van der Waals surface area (Å²) in [6.07, 6.45) is 4.85. The fourth-order valence-corrected chi connectivity index (χ4v) is 6.44. The van der Waals surface area contributed by atoms with Crippen molar-refractivity contribution in [3.63, 3.8) is 0 Å². The minimum Gasteiger partial charge on any atom is -0.493 e. The highest BCUT2D eigenvalue weighted by molar-refractivity contribution is 6.02. The van der Waals surface area contributed by atoms with E-state index < -0.39 is 0 Å². The van der Waals surface area contributed by atoms with Gasteiger partial charge in [-0.2, -0.15) is 0 Å². The Labute approximate surface area is 310 Å². The summed E-state index contributed by atoms with van der Waals surface area (Å²) < 4.78 is 39.9. The number of amides is 1. The average Bonchev–Trinajstić information content (AvgIpc) is 3.70. The number of nitrogens with zero attached hydrogens (tertiary/aromatic N) is 1. The molecule has 0 saturated heterocycles. The highest BCUT2D eigenvalue weighted by Gasteiger charge is 2.28. The Morgan fingerprint density at radius 3 is 1.98 bits per heavy atom. The van der Waals surface area contributed by atoms with Gasteiger partial charge in [0, 0.05) is 23.2 Å². The second-order valence-corrected chi connectivity index (χ2v) is 12.6. The molecule has 2 aliphatic heterocycles. The highest BCUT2D eigenvalue weighted by Crippen LogP contribution is 2.42. The normalized spacial score (nSPS) is 15.9. The molecule has 0 fully saturated rings. The smallest absolute Gasteiger partial charge is 0.255 e. The molecule has 2 heterocycles. The molecule has 6 rings (SSSR count). The lowest BCUT2D eigenvalue weighted by Gasteiger charge is -2.28. The van der Waals surface area contributed by atoms with E-state index in [9.17, 15) is 4.79 Å². The third kappa shape index (κ3) is 8.65. The minimum atomic E-state index is -0.361. The monoisotopic (exact) mass is 725 g/mol. The molecule has 4 aromatic rings. The fraction of sp³-hybridized carbons (Fsp3) is 0.366. The number of ether oxygens (including phenoxy) is 7. The van der Waals surface area contributed by atoms with E-state index in [1.165, 1.54) is 0 Å². The predicted octanol–water partition coefficient (Wildman–Crippen LogP) is 7.86. The first-order valence-corrected chi connectivity index (χ1v) is 17.8. The molecule has 0 radical (unpaired) electrons. The molecule has 0 aromatic heterocycles. The van der Waals surface area contributed by atoms with Crippen LogP contribution in [0.4, 0.5) is 5.69 Å². The number of methoxy groups -OCH3 is 5. The van der Waals surface area contributed by atoms with Gasteiger partial charge in [-0.1, -0.05) is 42.6 Å². The second-order valence-electron chi connectivity index (χ2n) is 12.6. The van der Waals surface area contributed by atoms with Gasteiger partial charge in [0.15, 0.2) is 40.6 Å². The van der Waals surface area contributed by atoms with E-state index in [2.05, 4.69) is 15.8 Å². The molecular weight excluding hydrogens is 678 g/mol. The number of para-hydroxylation sites is 1. The van der Waals surface area contributed by atoms with E-state index in [4.69, 9.17) is 38.0 Å². The fourth-order valence-electron chi connectivity index (χ4n) is 6.44. The number of carbonyl (C=O) groups excluding carboxylic acids is 1. The van der Waals surface area contributed by atoms with Crippen LogP contribution in [0.2, 0.25) is 0 Å². The SMILES string of the molecule is COc1cc(C2NC(=O)c3ccccc3N2)ccc1OCCCCCCCOc1cc(C2=NOC(c3cc(OC)c(OC)c(OC)c3)C2)ccc1OC. The van der Waals surface area contributed by atoms with Gasteiger partial charge in [0.2, 0.25) is 5.75 Å². The number of unbranched alkanes of at least 4 members (excludes halogenated alkanes) is 4. The molecule has 0 saturated carbocycles. The van der Waals surface area contributed by atoms with Crippen molar-refractivity contribution in [2.45, 2.75) is 50.8 Å². The number of fused-ring (bicyclic) bond motifs is 1. The molecule has 0 aliphatic carbocycles. The van der Waals surface area contributed by atoms with Crippen LogP contribution in [-0.2, 0) is 4.84 Å². The molecule has 12 nitrogen and oxygen atoms in total. The highest BCUT2D eigenvalue weighted by atomic mass is 16.6. The molecule has 0 spiro atoms. The molecule has 4 aromatic carbocycles. The van der Waals surface area contributed by atoms with Crippen molar-refractivity contribution in [1.29, 1.82) is 0 Å². The van der Waals surface area contributed by atoms with Crippen LogP contribution in [0.3, 0.4) is 0 Å². The third-order valence-corrected chi connectivity index (χ3v) is 9.30. The largest absolute Gasteiger partial charge is 0.493 e. The zero-order valence-corrected chi connectivity index (χ0v) is 30.9. The van der Waals surface area contributed by atoms with E-state index in [1.54, 1.807) is 41.6 Å². The molecular formula is C41H47N3O9. The first kappa shape index (κ1) is 37.0. The molecule has 12 heteroatoms. The maximum absolute atomic E-state index is 12.6. The summed E-state index contributed by atoms with van der Waals surface area (Å²) in [6.45, 7) is 1.15. The van der Waals surface area contributed by atoms with Gasteiger partial charge < -0.3 is 48.6 Å². The lowest BCUT2D eigenvalue weighted by Crippen LogP contribution is -2.38. The first-order chi connectivity index (χ1) is 26.0. The number of hydrogen-bond donors (Lipinski definition) is 2. The Hall–Kier alpha value is -5.78. The van der Waals surface area contributed by atoms with Crippen LogP contribution < -0.4 is 43.8 Å². The maximum atomic E-state index is 12.6. The zero-order valence-electron chi connectivity index (χ0n) is 30.9. The van der Waals surface area contributed by atoms with Crippen molar-refractivity contribution in [3.05, 3.63) is 95.1 Å². The summed E-state index contributed by atoms with van der Waals surface area (Å²) in [5, 5.41) is 10.8. The first-order valence-electron chi connectivity index (χ1n) is 17.8. The van der Waals surface area contributed by atoms with Gasteiger partial charge in [-0.25, -0.2) is 0 Å². The van der Waals surface area contributed by atoms with Crippen molar-refractivity contribution < 1.29 is 42.8 Å². The number of oxime groups is 1. The van der Waals surface area contributed by atoms with Gasteiger partial charge in [0.05, 0.1) is 60.0 Å². The van der Waals surface area contributed by atoms with E-state index >= 15 is 0 Å². The van der Waals surface area contributed by atoms with Crippen LogP contribution in [-0.4, -0.2) is 60.4 Å². The van der Waals surface area contributed by atoms with Gasteiger partial charge in [-0.3, -0.25) is 4.79 Å². The predicted molar refractivity (Wildman–Crippen MR) is 201 cm³/mol. The van der Waals surface area contributed by atoms with E-state index in [1.807, 2.05) is 66.7 Å². The number of benzene rings is 4. The molecule has 2 atom stereocenters. The molecule has 1 amide bonds. The maximum Gasteiger partial charge on any atom is 0.255 e. The Balaban J connectivity index is 0.925. The standard InChI is InChI=1S/C41H47N3O9/c1-46-32-17-15-26(31-25-34(53-44-31)28-23-37(48-3)39(50-5)38(24-28)49-4)21-36(32)52-20-12-8-6-7-11-19-51-33-18-16-27(22-35(33)47-2)40-42-30-14-10-9-13-29(30)41(45)43-40/h9-10,13-18,21-24,34,40,42H,6-8,11-12,19-20,25H2,1-5H3,(H,43,45). The lowest BCUT2D eigenvalue weighted by molar-refractivity contribution is 0.0853. The van der Waals surface area contributed by atoms with Crippen molar-refractivity contribution in [1.82, 2.24) is 5.32 Å². The van der Waals surface area contributed by atoms with Gasteiger partial charge in [0.1, 0.15) is 6.17 Å². The number of carbonyl (C=O) groups is 1. The van der Waals surface area contributed by atoms with Crippen LogP contribution in [0.1, 0.15) is 77.8 Å². The van der Waals surface area contributed by atoms with Crippen molar-refractivity contribution in [2.24, 2.45) is 5.16 Å². The number of hydrogen-bond acceptors (Lipinski definition) is 11. The quantitative estimate of drug-likeness (QED) is 0.0979. The van der Waals surface area contributed by atoms with Gasteiger partial charge in [-0.15, -0.1) is 0 Å². The van der Waals surface area contributed by atoms with Crippen LogP contribution in [0.25, 0.3) is 0 Å². The zero-order chi connectivity index (χ0) is 37.2. The van der Waals surface area contributed by atoms with Gasteiger partial charge in [-0.05, 0) is 73.0 Å². The summed E-state index contributed by atoms with van der Waals surface area (Å²) in [5.74, 6) is 4.18. The topological polar surface area (TPSA) is 127 Å². The summed E-state index contributed by atoms with van der Waals surface area (Å²) in [5.41, 5.74) is 4.91. The van der Waals surface area contributed by atoms with Crippen molar-refractivity contribution >= 4 is 17.3 Å². The summed E-state index contributed by atoms with van der Waals surface area (Å²) in [4.78, 5) is 18.4. The van der Waals surface area contributed by atoms with Crippen LogP contribution >= 0.6 is 0 Å². The lowest BCUT2D eigenvalue weighted by atomic mass is 9.99. The summed E-state index contributed by atoms with van der Waals surface area (Å²) in [7, 11) is 8.01. The van der Waals surface area contributed by atoms with Gasteiger partial charge in [0.25, 0.3) is 5.91 Å². The molecule has 2 aliphatic rings. The van der Waals surface area contributed by atoms with E-state index in [0.29, 0.717) is 65.4 Å². The number of anilines is 1. The summed E-state index contributed by atoms with van der Waals surface area (Å²) >= 11 is 0. The van der Waals surface area contributed by atoms with Gasteiger partial charge >= 0.3 is 0 Å². The minimum absolute atomic E-state index is 0.112. The average molecular weight is 726 g/mol. The number of nitrogens with one attached hydrogen (secondary N) is 2. The van der Waals surface area contributed by atoms with Crippen molar-refractivity contribution in [3.8, 4) is 40.2 Å². The van der Waals surface area contributed by atoms with E-state index in [0.717, 1.165) is 60.2 Å².